The normalized spacial score (nSPS) is 26.8. The zero-order chi connectivity index (χ0) is 17.3. The van der Waals surface area contributed by atoms with Gasteiger partial charge >= 0.3 is 0 Å². The Balaban J connectivity index is 1.54. The molecule has 0 radical (unpaired) electrons. The second kappa shape index (κ2) is 6.75. The number of nitriles is 1. The fourth-order valence-electron chi connectivity index (χ4n) is 4.07. The molecule has 2 atom stereocenters. The van der Waals surface area contributed by atoms with E-state index in [-0.39, 0.29) is 18.1 Å². The van der Waals surface area contributed by atoms with Gasteiger partial charge in [-0.05, 0) is 44.4 Å². The Morgan fingerprint density at radius 3 is 2.76 bits per heavy atom. The van der Waals surface area contributed by atoms with E-state index in [1.807, 2.05) is 6.20 Å². The largest absolute Gasteiger partial charge is 0.368 e. The van der Waals surface area contributed by atoms with Crippen molar-refractivity contribution in [1.82, 2.24) is 20.3 Å². The lowest BCUT2D eigenvalue weighted by Crippen LogP contribution is -2.40. The van der Waals surface area contributed by atoms with Gasteiger partial charge < -0.3 is 10.1 Å². The highest BCUT2D eigenvalue weighted by atomic mass is 16.5. The lowest BCUT2D eigenvalue weighted by molar-refractivity contribution is -0.131. The average Bonchev–Trinajstić information content (AvgIpc) is 3.05. The Morgan fingerprint density at radius 1 is 1.32 bits per heavy atom. The first-order valence-corrected chi connectivity index (χ1v) is 9.48. The number of nitrogens with zero attached hydrogens (tertiary/aromatic N) is 4. The number of carbonyl (C=O) groups is 1. The lowest BCUT2D eigenvalue weighted by Gasteiger charge is -2.30. The number of carbonyl (C=O) groups excluding carboxylic acids is 1. The van der Waals surface area contributed by atoms with Crippen LogP contribution in [0.5, 0.6) is 0 Å². The molecule has 3 aliphatic rings. The quantitative estimate of drug-likeness (QED) is 0.885. The molecule has 1 unspecified atom stereocenters. The van der Waals surface area contributed by atoms with E-state index in [0.717, 1.165) is 44.2 Å². The van der Waals surface area contributed by atoms with Crippen molar-refractivity contribution in [2.45, 2.75) is 75.5 Å². The van der Waals surface area contributed by atoms with E-state index >= 15 is 0 Å². The molecule has 0 spiro atoms. The third-order valence-corrected chi connectivity index (χ3v) is 5.84. The van der Waals surface area contributed by atoms with Gasteiger partial charge in [-0.25, -0.2) is 4.68 Å². The molecule has 2 saturated carbocycles. The van der Waals surface area contributed by atoms with E-state index in [1.54, 1.807) is 4.68 Å². The summed E-state index contributed by atoms with van der Waals surface area (Å²) in [5.74, 6) is 0.338. The summed E-state index contributed by atoms with van der Waals surface area (Å²) in [7, 11) is 0. The Morgan fingerprint density at radius 2 is 2.12 bits per heavy atom. The number of hydrogen-bond acceptors (Lipinski definition) is 5. The van der Waals surface area contributed by atoms with Crippen LogP contribution in [-0.2, 0) is 15.1 Å². The van der Waals surface area contributed by atoms with Crippen molar-refractivity contribution in [3.05, 3.63) is 11.9 Å². The molecule has 2 heterocycles. The highest BCUT2D eigenvalue weighted by Crippen LogP contribution is 2.43. The average molecular weight is 343 g/mol. The van der Waals surface area contributed by atoms with Crippen LogP contribution in [0, 0.1) is 17.2 Å². The van der Waals surface area contributed by atoms with Gasteiger partial charge in [0.05, 0.1) is 18.3 Å². The van der Waals surface area contributed by atoms with Crippen LogP contribution in [0.4, 0.5) is 0 Å². The maximum atomic E-state index is 12.6. The summed E-state index contributed by atoms with van der Waals surface area (Å²) < 4.78 is 7.22. The van der Waals surface area contributed by atoms with Crippen LogP contribution >= 0.6 is 0 Å². The van der Waals surface area contributed by atoms with Crippen molar-refractivity contribution < 1.29 is 9.53 Å². The standard InChI is InChI=1S/C18H25N5O2/c19-12-18(8-9-18)23-11-14(21-22-23)16(13-5-2-1-3-6-13)20-17(24)15-7-4-10-25-15/h11,13,15-16H,1-10H2,(H,20,24)/t15?,16-/m0/s1. The van der Waals surface area contributed by atoms with Crippen LogP contribution in [-0.4, -0.2) is 33.6 Å². The Bertz CT molecular complexity index is 663. The SMILES string of the molecule is N#CC1(n2cc([C@@H](NC(=O)C3CCCO3)C3CCCCC3)nn2)CC1. The molecule has 4 rings (SSSR count). The summed E-state index contributed by atoms with van der Waals surface area (Å²) in [6.45, 7) is 0.660. The van der Waals surface area contributed by atoms with Crippen molar-refractivity contribution in [3.63, 3.8) is 0 Å². The van der Waals surface area contributed by atoms with E-state index in [0.29, 0.717) is 12.5 Å². The van der Waals surface area contributed by atoms with Gasteiger partial charge in [-0.3, -0.25) is 4.79 Å². The summed E-state index contributed by atoms with van der Waals surface area (Å²) in [6.07, 6.45) is 10.7. The van der Waals surface area contributed by atoms with Crippen molar-refractivity contribution in [2.24, 2.45) is 5.92 Å². The minimum Gasteiger partial charge on any atom is -0.368 e. The summed E-state index contributed by atoms with van der Waals surface area (Å²) in [4.78, 5) is 12.6. The minimum absolute atomic E-state index is 0.0379. The zero-order valence-corrected chi connectivity index (χ0v) is 14.5. The molecule has 2 aliphatic carbocycles. The molecule has 0 aromatic carbocycles. The first-order chi connectivity index (χ1) is 12.2. The van der Waals surface area contributed by atoms with E-state index in [4.69, 9.17) is 4.74 Å². The first-order valence-electron chi connectivity index (χ1n) is 9.48. The maximum absolute atomic E-state index is 12.6. The van der Waals surface area contributed by atoms with Crippen molar-refractivity contribution in [1.29, 1.82) is 5.26 Å². The Labute approximate surface area is 147 Å². The van der Waals surface area contributed by atoms with Crippen LogP contribution in [0.25, 0.3) is 0 Å². The fourth-order valence-corrected chi connectivity index (χ4v) is 4.07. The topological polar surface area (TPSA) is 92.8 Å². The van der Waals surface area contributed by atoms with E-state index < -0.39 is 5.54 Å². The molecule has 25 heavy (non-hydrogen) atoms. The van der Waals surface area contributed by atoms with Gasteiger partial charge in [0, 0.05) is 6.61 Å². The Hall–Kier alpha value is -1.94. The maximum Gasteiger partial charge on any atom is 0.249 e. The van der Waals surface area contributed by atoms with Gasteiger partial charge in [0.25, 0.3) is 0 Å². The lowest BCUT2D eigenvalue weighted by atomic mass is 9.82. The van der Waals surface area contributed by atoms with Gasteiger partial charge in [-0.15, -0.1) is 5.10 Å². The molecule has 7 nitrogen and oxygen atoms in total. The van der Waals surface area contributed by atoms with E-state index in [9.17, 15) is 10.1 Å². The predicted molar refractivity (Wildman–Crippen MR) is 89.3 cm³/mol. The molecule has 134 valence electrons. The second-order valence-electron chi connectivity index (χ2n) is 7.62. The van der Waals surface area contributed by atoms with Crippen LogP contribution < -0.4 is 5.32 Å². The number of ether oxygens (including phenoxy) is 1. The number of rotatable bonds is 5. The molecular formula is C18H25N5O2. The first kappa shape index (κ1) is 16.5. The van der Waals surface area contributed by atoms with Crippen molar-refractivity contribution in [3.8, 4) is 6.07 Å². The molecule has 1 aromatic rings. The molecule has 1 saturated heterocycles. The van der Waals surface area contributed by atoms with Gasteiger partial charge in [-0.1, -0.05) is 24.5 Å². The number of amides is 1. The summed E-state index contributed by atoms with van der Waals surface area (Å²) >= 11 is 0. The summed E-state index contributed by atoms with van der Waals surface area (Å²) in [5, 5.41) is 21.1. The highest BCUT2D eigenvalue weighted by Gasteiger charge is 2.47. The van der Waals surface area contributed by atoms with E-state index in [2.05, 4.69) is 21.7 Å². The van der Waals surface area contributed by atoms with Gasteiger partial charge in [0.2, 0.25) is 5.91 Å². The molecule has 1 N–H and O–H groups in total. The van der Waals surface area contributed by atoms with Crippen LogP contribution in [0.2, 0.25) is 0 Å². The number of aromatic nitrogens is 3. The molecule has 1 amide bonds. The second-order valence-corrected chi connectivity index (χ2v) is 7.62. The van der Waals surface area contributed by atoms with Crippen molar-refractivity contribution >= 4 is 5.91 Å². The summed E-state index contributed by atoms with van der Waals surface area (Å²) in [5.41, 5.74) is 0.265. The van der Waals surface area contributed by atoms with E-state index in [1.165, 1.54) is 19.3 Å². The van der Waals surface area contributed by atoms with Crippen LogP contribution in [0.3, 0.4) is 0 Å². The van der Waals surface area contributed by atoms with Crippen molar-refractivity contribution in [2.75, 3.05) is 6.61 Å². The van der Waals surface area contributed by atoms with Gasteiger partial charge in [-0.2, -0.15) is 5.26 Å². The summed E-state index contributed by atoms with van der Waals surface area (Å²) in [6, 6.07) is 2.20. The van der Waals surface area contributed by atoms with Crippen LogP contribution in [0.1, 0.15) is 69.5 Å². The smallest absolute Gasteiger partial charge is 0.249 e. The number of nitrogens with one attached hydrogen (secondary N) is 1. The zero-order valence-electron chi connectivity index (χ0n) is 14.5. The third kappa shape index (κ3) is 3.28. The molecule has 0 bridgehead atoms. The van der Waals surface area contributed by atoms with Gasteiger partial charge in [0.15, 0.2) is 5.54 Å². The Kier molecular flexibility index (Phi) is 4.46. The minimum atomic E-state index is -0.513. The molecule has 3 fully saturated rings. The fraction of sp³-hybridized carbons (Fsp3) is 0.778. The highest BCUT2D eigenvalue weighted by molar-refractivity contribution is 5.81. The molecule has 7 heteroatoms. The van der Waals surface area contributed by atoms with Gasteiger partial charge in [0.1, 0.15) is 11.8 Å². The third-order valence-electron chi connectivity index (χ3n) is 5.84. The molecule has 1 aliphatic heterocycles. The van der Waals surface area contributed by atoms with Crippen LogP contribution in [0.15, 0.2) is 6.20 Å². The molecule has 1 aromatic heterocycles. The molecular weight excluding hydrogens is 318 g/mol. The number of hydrogen-bond donors (Lipinski definition) is 1. The predicted octanol–water partition coefficient (Wildman–Crippen LogP) is 2.21. The monoisotopic (exact) mass is 343 g/mol.